The largest absolute Gasteiger partial charge is 0.309 e. The van der Waals surface area contributed by atoms with E-state index in [0.717, 1.165) is 23.5 Å². The van der Waals surface area contributed by atoms with Crippen molar-refractivity contribution in [2.45, 2.75) is 37.2 Å². The number of piperazine rings is 1. The van der Waals surface area contributed by atoms with Gasteiger partial charge in [0, 0.05) is 43.6 Å². The van der Waals surface area contributed by atoms with Crippen molar-refractivity contribution in [1.29, 1.82) is 0 Å². The van der Waals surface area contributed by atoms with Crippen LogP contribution in [0.1, 0.15) is 23.3 Å². The van der Waals surface area contributed by atoms with Crippen molar-refractivity contribution in [3.8, 4) is 0 Å². The first-order valence-corrected chi connectivity index (χ1v) is 9.79. The Bertz CT molecular complexity index is 600. The third kappa shape index (κ3) is 3.32. The van der Waals surface area contributed by atoms with Crippen molar-refractivity contribution in [3.63, 3.8) is 0 Å². The van der Waals surface area contributed by atoms with Gasteiger partial charge in [0.2, 0.25) is 10.0 Å². The standard InChI is InChI=1S/C14H23N3O2S2/c1-11-10-20-13(9-15-12-3-4-12)14(11)21(18,19)17-7-5-16(2)6-8-17/h10,12,15H,3-9H2,1-2H3. The molecular formula is C14H23N3O2S2. The van der Waals surface area contributed by atoms with Gasteiger partial charge in [0.25, 0.3) is 0 Å². The van der Waals surface area contributed by atoms with E-state index in [4.69, 9.17) is 0 Å². The first kappa shape index (κ1) is 15.4. The second-order valence-electron chi connectivity index (χ2n) is 6.03. The van der Waals surface area contributed by atoms with Gasteiger partial charge in [-0.3, -0.25) is 0 Å². The van der Waals surface area contributed by atoms with E-state index in [-0.39, 0.29) is 0 Å². The molecule has 0 atom stereocenters. The smallest absolute Gasteiger partial charge is 0.244 e. The molecule has 1 aromatic heterocycles. The summed E-state index contributed by atoms with van der Waals surface area (Å²) in [6, 6.07) is 0.589. The fraction of sp³-hybridized carbons (Fsp3) is 0.714. The van der Waals surface area contributed by atoms with E-state index in [0.29, 0.717) is 30.6 Å². The number of nitrogens with zero attached hydrogens (tertiary/aromatic N) is 2. The van der Waals surface area contributed by atoms with Gasteiger partial charge in [0.1, 0.15) is 4.90 Å². The van der Waals surface area contributed by atoms with Crippen molar-refractivity contribution in [2.24, 2.45) is 0 Å². The topological polar surface area (TPSA) is 52.7 Å². The lowest BCUT2D eigenvalue weighted by atomic mass is 10.3. The Morgan fingerprint density at radius 1 is 1.29 bits per heavy atom. The minimum Gasteiger partial charge on any atom is -0.309 e. The van der Waals surface area contributed by atoms with E-state index in [2.05, 4.69) is 10.2 Å². The van der Waals surface area contributed by atoms with E-state index >= 15 is 0 Å². The van der Waals surface area contributed by atoms with Crippen molar-refractivity contribution in [2.75, 3.05) is 33.2 Å². The third-order valence-corrected chi connectivity index (χ3v) is 7.54. The van der Waals surface area contributed by atoms with Crippen LogP contribution in [0.3, 0.4) is 0 Å². The van der Waals surface area contributed by atoms with Gasteiger partial charge in [0.05, 0.1) is 0 Å². The molecule has 0 aromatic carbocycles. The predicted octanol–water partition coefficient (Wildman–Crippen LogP) is 1.24. The summed E-state index contributed by atoms with van der Waals surface area (Å²) < 4.78 is 27.5. The SMILES string of the molecule is Cc1csc(CNC2CC2)c1S(=O)(=O)N1CCN(C)CC1. The molecule has 3 rings (SSSR count). The highest BCUT2D eigenvalue weighted by molar-refractivity contribution is 7.89. The fourth-order valence-electron chi connectivity index (χ4n) is 2.64. The molecule has 0 unspecified atom stereocenters. The molecule has 21 heavy (non-hydrogen) atoms. The Balaban J connectivity index is 1.81. The molecule has 2 heterocycles. The lowest BCUT2D eigenvalue weighted by Crippen LogP contribution is -2.47. The maximum absolute atomic E-state index is 12.9. The number of likely N-dealkylation sites (N-methyl/N-ethyl adjacent to an activating group) is 1. The molecule has 118 valence electrons. The summed E-state index contributed by atoms with van der Waals surface area (Å²) in [5.41, 5.74) is 0.881. The summed E-state index contributed by atoms with van der Waals surface area (Å²) in [7, 11) is -1.32. The molecule has 1 aliphatic heterocycles. The first-order valence-electron chi connectivity index (χ1n) is 7.47. The van der Waals surface area contributed by atoms with Crippen LogP contribution in [0.2, 0.25) is 0 Å². The quantitative estimate of drug-likeness (QED) is 0.883. The second-order valence-corrected chi connectivity index (χ2v) is 8.87. The van der Waals surface area contributed by atoms with Crippen LogP contribution in [-0.4, -0.2) is 56.9 Å². The number of rotatable bonds is 5. The third-order valence-electron chi connectivity index (χ3n) is 4.18. The van der Waals surface area contributed by atoms with Gasteiger partial charge >= 0.3 is 0 Å². The van der Waals surface area contributed by atoms with Crippen LogP contribution in [0.15, 0.2) is 10.3 Å². The van der Waals surface area contributed by atoms with Crippen molar-refractivity contribution >= 4 is 21.4 Å². The Hall–Kier alpha value is -0.470. The van der Waals surface area contributed by atoms with Gasteiger partial charge in [-0.2, -0.15) is 4.31 Å². The van der Waals surface area contributed by atoms with E-state index in [1.165, 1.54) is 12.8 Å². The highest BCUT2D eigenvalue weighted by Crippen LogP contribution is 2.31. The number of sulfonamides is 1. The van der Waals surface area contributed by atoms with Crippen molar-refractivity contribution in [1.82, 2.24) is 14.5 Å². The van der Waals surface area contributed by atoms with E-state index < -0.39 is 10.0 Å². The van der Waals surface area contributed by atoms with Crippen LogP contribution in [0.4, 0.5) is 0 Å². The number of aryl methyl sites for hydroxylation is 1. The van der Waals surface area contributed by atoms with Crippen molar-refractivity contribution < 1.29 is 8.42 Å². The molecule has 0 amide bonds. The fourth-order valence-corrected chi connectivity index (χ4v) is 5.77. The number of hydrogen-bond acceptors (Lipinski definition) is 5. The van der Waals surface area contributed by atoms with E-state index in [1.54, 1.807) is 15.6 Å². The molecule has 1 aliphatic carbocycles. The van der Waals surface area contributed by atoms with Crippen LogP contribution in [-0.2, 0) is 16.6 Å². The van der Waals surface area contributed by atoms with Crippen LogP contribution >= 0.6 is 11.3 Å². The number of thiophene rings is 1. The Labute approximate surface area is 131 Å². The summed E-state index contributed by atoms with van der Waals surface area (Å²) in [6.45, 7) is 5.36. The lowest BCUT2D eigenvalue weighted by molar-refractivity contribution is 0.222. The minimum atomic E-state index is -3.35. The average Bonchev–Trinajstić information content (AvgIpc) is 3.19. The molecule has 1 aromatic rings. The summed E-state index contributed by atoms with van der Waals surface area (Å²) in [4.78, 5) is 3.67. The summed E-state index contributed by atoms with van der Waals surface area (Å²) in [5, 5.41) is 5.39. The zero-order valence-corrected chi connectivity index (χ0v) is 14.3. The summed E-state index contributed by atoms with van der Waals surface area (Å²) in [5.74, 6) is 0. The Morgan fingerprint density at radius 3 is 2.57 bits per heavy atom. The molecule has 0 spiro atoms. The molecule has 0 bridgehead atoms. The molecular weight excluding hydrogens is 306 g/mol. The molecule has 2 fully saturated rings. The molecule has 2 aliphatic rings. The monoisotopic (exact) mass is 329 g/mol. The van der Waals surface area contributed by atoms with Crippen LogP contribution in [0.5, 0.6) is 0 Å². The molecule has 1 N–H and O–H groups in total. The molecule has 1 saturated carbocycles. The highest BCUT2D eigenvalue weighted by Gasteiger charge is 2.32. The van der Waals surface area contributed by atoms with Crippen LogP contribution in [0.25, 0.3) is 0 Å². The lowest BCUT2D eigenvalue weighted by Gasteiger charge is -2.31. The molecule has 5 nitrogen and oxygen atoms in total. The molecule has 1 saturated heterocycles. The van der Waals surface area contributed by atoms with Gasteiger partial charge in [-0.05, 0) is 37.8 Å². The van der Waals surface area contributed by atoms with Gasteiger partial charge in [-0.15, -0.1) is 11.3 Å². The van der Waals surface area contributed by atoms with Gasteiger partial charge < -0.3 is 10.2 Å². The van der Waals surface area contributed by atoms with Gasteiger partial charge in [-0.1, -0.05) is 0 Å². The first-order chi connectivity index (χ1) is 9.98. The van der Waals surface area contributed by atoms with Gasteiger partial charge in [0.15, 0.2) is 0 Å². The molecule has 0 radical (unpaired) electrons. The normalized spacial score (nSPS) is 21.8. The van der Waals surface area contributed by atoms with Crippen LogP contribution in [0, 0.1) is 6.92 Å². The minimum absolute atomic E-state index is 0.546. The van der Waals surface area contributed by atoms with E-state index in [1.807, 2.05) is 19.4 Å². The zero-order chi connectivity index (χ0) is 15.0. The van der Waals surface area contributed by atoms with Gasteiger partial charge in [-0.25, -0.2) is 8.42 Å². The maximum atomic E-state index is 12.9. The molecule has 7 heteroatoms. The van der Waals surface area contributed by atoms with Crippen LogP contribution < -0.4 is 5.32 Å². The average molecular weight is 329 g/mol. The number of nitrogens with one attached hydrogen (secondary N) is 1. The highest BCUT2D eigenvalue weighted by atomic mass is 32.2. The summed E-state index contributed by atoms with van der Waals surface area (Å²) in [6.07, 6.45) is 2.43. The van der Waals surface area contributed by atoms with Crippen molar-refractivity contribution in [3.05, 3.63) is 15.8 Å². The number of hydrogen-bond donors (Lipinski definition) is 1. The Kier molecular flexibility index (Phi) is 4.38. The zero-order valence-electron chi connectivity index (χ0n) is 12.6. The second kappa shape index (κ2) is 5.96. The van der Waals surface area contributed by atoms with E-state index in [9.17, 15) is 8.42 Å². The summed E-state index contributed by atoms with van der Waals surface area (Å²) >= 11 is 1.56. The Morgan fingerprint density at radius 2 is 1.95 bits per heavy atom. The maximum Gasteiger partial charge on any atom is 0.244 e. The predicted molar refractivity (Wildman–Crippen MR) is 85.2 cm³/mol.